The number of morpholine rings is 1. The van der Waals surface area contributed by atoms with Crippen molar-refractivity contribution in [3.8, 4) is 0 Å². The van der Waals surface area contributed by atoms with Crippen LogP contribution in [0.3, 0.4) is 0 Å². The molecule has 0 radical (unpaired) electrons. The molecule has 6 nitrogen and oxygen atoms in total. The van der Waals surface area contributed by atoms with Crippen molar-refractivity contribution in [3.05, 3.63) is 0 Å². The topological polar surface area (TPSA) is 61.9 Å². The van der Waals surface area contributed by atoms with E-state index in [1.807, 2.05) is 6.92 Å². The molecule has 22 heavy (non-hydrogen) atoms. The molecule has 2 saturated heterocycles. The lowest BCUT2D eigenvalue weighted by Crippen LogP contribution is -2.54. The lowest BCUT2D eigenvalue weighted by atomic mass is 9.77. The number of hydrogen-bond donors (Lipinski definition) is 1. The van der Waals surface area contributed by atoms with E-state index in [1.54, 1.807) is 0 Å². The maximum atomic E-state index is 12.8. The number of hydrogen-bond acceptors (Lipinski definition) is 4. The van der Waals surface area contributed by atoms with Crippen LogP contribution in [-0.2, 0) is 9.53 Å². The third-order valence-electron chi connectivity index (χ3n) is 5.43. The van der Waals surface area contributed by atoms with Crippen molar-refractivity contribution >= 4 is 11.9 Å². The number of nitrogens with zero attached hydrogens (tertiary/aromatic N) is 2. The summed E-state index contributed by atoms with van der Waals surface area (Å²) >= 11 is 0. The monoisotopic (exact) mass is 309 g/mol. The Bertz CT molecular complexity index is 460. The Hall–Kier alpha value is -1.14. The van der Waals surface area contributed by atoms with Gasteiger partial charge in [0.25, 0.3) is 5.91 Å². The van der Waals surface area contributed by atoms with Crippen LogP contribution in [0, 0.1) is 5.92 Å². The van der Waals surface area contributed by atoms with Gasteiger partial charge in [-0.2, -0.15) is 0 Å². The molecule has 3 amide bonds. The van der Waals surface area contributed by atoms with Crippen LogP contribution in [0.4, 0.5) is 4.79 Å². The zero-order valence-corrected chi connectivity index (χ0v) is 13.8. The van der Waals surface area contributed by atoms with Crippen LogP contribution in [0.2, 0.25) is 0 Å². The molecule has 2 aliphatic heterocycles. The Morgan fingerprint density at radius 1 is 1.23 bits per heavy atom. The third kappa shape index (κ3) is 2.74. The summed E-state index contributed by atoms with van der Waals surface area (Å²) in [5.74, 6) is 0.611. The first-order valence-corrected chi connectivity index (χ1v) is 8.41. The Morgan fingerprint density at radius 2 is 1.91 bits per heavy atom. The number of amides is 3. The van der Waals surface area contributed by atoms with Gasteiger partial charge < -0.3 is 10.1 Å². The first-order chi connectivity index (χ1) is 10.4. The second-order valence-electron chi connectivity index (χ2n) is 7.33. The summed E-state index contributed by atoms with van der Waals surface area (Å²) in [6.07, 6.45) is 3.69. The van der Waals surface area contributed by atoms with Crippen LogP contribution in [0.1, 0.15) is 46.5 Å². The number of rotatable bonds is 2. The molecule has 0 aromatic rings. The summed E-state index contributed by atoms with van der Waals surface area (Å²) in [5, 5.41) is 2.98. The molecular weight excluding hydrogens is 282 g/mol. The highest BCUT2D eigenvalue weighted by Crippen LogP contribution is 2.36. The van der Waals surface area contributed by atoms with E-state index in [0.717, 1.165) is 32.2 Å². The number of ether oxygens (including phenoxy) is 1. The van der Waals surface area contributed by atoms with Crippen molar-refractivity contribution < 1.29 is 14.3 Å². The zero-order valence-electron chi connectivity index (χ0n) is 13.8. The van der Waals surface area contributed by atoms with Gasteiger partial charge in [0.2, 0.25) is 0 Å². The summed E-state index contributed by atoms with van der Waals surface area (Å²) < 4.78 is 5.61. The van der Waals surface area contributed by atoms with Gasteiger partial charge in [0.1, 0.15) is 5.54 Å². The Balaban J connectivity index is 1.69. The van der Waals surface area contributed by atoms with Gasteiger partial charge in [-0.3, -0.25) is 9.69 Å². The van der Waals surface area contributed by atoms with Crippen LogP contribution < -0.4 is 5.32 Å². The van der Waals surface area contributed by atoms with Crippen molar-refractivity contribution in [1.29, 1.82) is 0 Å². The Morgan fingerprint density at radius 3 is 2.59 bits per heavy atom. The van der Waals surface area contributed by atoms with Crippen molar-refractivity contribution in [1.82, 2.24) is 15.1 Å². The molecule has 3 aliphatic rings. The molecule has 1 saturated carbocycles. The molecule has 2 atom stereocenters. The van der Waals surface area contributed by atoms with Gasteiger partial charge in [-0.05, 0) is 45.4 Å². The van der Waals surface area contributed by atoms with Gasteiger partial charge in [-0.25, -0.2) is 9.69 Å². The minimum atomic E-state index is -0.634. The van der Waals surface area contributed by atoms with Crippen molar-refractivity contribution in [2.45, 2.75) is 64.1 Å². The first-order valence-electron chi connectivity index (χ1n) is 8.41. The van der Waals surface area contributed by atoms with Crippen LogP contribution in [0.15, 0.2) is 0 Å². The van der Waals surface area contributed by atoms with Gasteiger partial charge in [0, 0.05) is 12.6 Å². The molecule has 0 bridgehead atoms. The van der Waals surface area contributed by atoms with E-state index in [-0.39, 0.29) is 24.1 Å². The Labute approximate surface area is 132 Å². The molecule has 1 aliphatic carbocycles. The van der Waals surface area contributed by atoms with Crippen LogP contribution in [-0.4, -0.2) is 59.2 Å². The fourth-order valence-electron chi connectivity index (χ4n) is 3.75. The van der Waals surface area contributed by atoms with E-state index in [4.69, 9.17) is 4.74 Å². The second-order valence-corrected chi connectivity index (χ2v) is 7.33. The second kappa shape index (κ2) is 5.81. The largest absolute Gasteiger partial charge is 0.376 e. The smallest absolute Gasteiger partial charge is 0.326 e. The summed E-state index contributed by atoms with van der Waals surface area (Å²) in [5.41, 5.74) is -0.634. The van der Waals surface area contributed by atoms with Crippen LogP contribution in [0.5, 0.6) is 0 Å². The number of carbonyl (C=O) groups excluding carboxylic acids is 2. The number of nitrogens with one attached hydrogen (secondary N) is 1. The number of urea groups is 1. The fourth-order valence-corrected chi connectivity index (χ4v) is 3.75. The molecule has 0 aromatic carbocycles. The van der Waals surface area contributed by atoms with Gasteiger partial charge in [-0.1, -0.05) is 6.92 Å². The predicted octanol–water partition coefficient (Wildman–Crippen LogP) is 1.55. The maximum absolute atomic E-state index is 12.8. The molecule has 3 rings (SSSR count). The summed E-state index contributed by atoms with van der Waals surface area (Å²) in [6.45, 7) is 8.08. The summed E-state index contributed by atoms with van der Waals surface area (Å²) in [6, 6.07) is -0.00868. The van der Waals surface area contributed by atoms with Crippen molar-refractivity contribution in [2.75, 3.05) is 19.8 Å². The molecule has 6 heteroatoms. The highest BCUT2D eigenvalue weighted by molar-refractivity contribution is 6.07. The van der Waals surface area contributed by atoms with E-state index >= 15 is 0 Å². The lowest BCUT2D eigenvalue weighted by Gasteiger charge is -2.38. The maximum Gasteiger partial charge on any atom is 0.326 e. The molecule has 1 spiro atoms. The number of carbonyl (C=O) groups is 2. The normalized spacial score (nSPS) is 40.3. The first kappa shape index (κ1) is 15.7. The van der Waals surface area contributed by atoms with E-state index in [2.05, 4.69) is 24.1 Å². The SMILES string of the molecule is CC1CCC2(CC1)NC(=O)N(CN1CC(C)OCC1C)C2=O. The molecule has 1 N–H and O–H groups in total. The molecule has 3 fully saturated rings. The van der Waals surface area contributed by atoms with Crippen molar-refractivity contribution in [2.24, 2.45) is 5.92 Å². The molecule has 0 aromatic heterocycles. The summed E-state index contributed by atoms with van der Waals surface area (Å²) in [4.78, 5) is 28.8. The van der Waals surface area contributed by atoms with Crippen LogP contribution in [0.25, 0.3) is 0 Å². The molecule has 124 valence electrons. The van der Waals surface area contributed by atoms with Crippen LogP contribution >= 0.6 is 0 Å². The van der Waals surface area contributed by atoms with E-state index < -0.39 is 5.54 Å². The standard InChI is InChI=1S/C16H27N3O3/c1-11-4-6-16(7-5-11)14(20)19(15(21)17-16)10-18-8-13(3)22-9-12(18)2/h11-13H,4-10H2,1-3H3,(H,17,21). The van der Waals surface area contributed by atoms with Gasteiger partial charge in [-0.15, -0.1) is 0 Å². The quantitative estimate of drug-likeness (QED) is 0.786. The van der Waals surface area contributed by atoms with E-state index in [1.165, 1.54) is 4.90 Å². The minimum absolute atomic E-state index is 0.0317. The highest BCUT2D eigenvalue weighted by atomic mass is 16.5. The predicted molar refractivity (Wildman–Crippen MR) is 82.2 cm³/mol. The van der Waals surface area contributed by atoms with Crippen molar-refractivity contribution in [3.63, 3.8) is 0 Å². The van der Waals surface area contributed by atoms with Gasteiger partial charge >= 0.3 is 6.03 Å². The van der Waals surface area contributed by atoms with E-state index in [9.17, 15) is 9.59 Å². The summed E-state index contributed by atoms with van der Waals surface area (Å²) in [7, 11) is 0. The average molecular weight is 309 g/mol. The third-order valence-corrected chi connectivity index (χ3v) is 5.43. The average Bonchev–Trinajstić information content (AvgIpc) is 2.71. The van der Waals surface area contributed by atoms with Gasteiger partial charge in [0.05, 0.1) is 19.4 Å². The number of imide groups is 1. The zero-order chi connectivity index (χ0) is 15.9. The van der Waals surface area contributed by atoms with Gasteiger partial charge in [0.15, 0.2) is 0 Å². The lowest BCUT2D eigenvalue weighted by molar-refractivity contribution is -0.136. The van der Waals surface area contributed by atoms with E-state index in [0.29, 0.717) is 19.2 Å². The fraction of sp³-hybridized carbons (Fsp3) is 0.875. The molecule has 2 heterocycles. The minimum Gasteiger partial charge on any atom is -0.376 e. The molecule has 2 unspecified atom stereocenters. The highest BCUT2D eigenvalue weighted by Gasteiger charge is 2.52. The molecular formula is C16H27N3O3. The Kier molecular flexibility index (Phi) is 4.16.